The van der Waals surface area contributed by atoms with E-state index in [1.165, 1.54) is 0 Å². The Morgan fingerprint density at radius 1 is 0.778 bits per heavy atom. The summed E-state index contributed by atoms with van der Waals surface area (Å²) in [6.07, 6.45) is 2.36. The molecule has 4 rings (SSSR count). The number of hydrogen-bond acceptors (Lipinski definition) is 2. The fourth-order valence-electron chi connectivity index (χ4n) is 4.03. The molecule has 0 bridgehead atoms. The van der Waals surface area contributed by atoms with Crippen LogP contribution in [0.1, 0.15) is 30.9 Å². The molecule has 7 heteroatoms. The molecule has 0 aliphatic rings. The summed E-state index contributed by atoms with van der Waals surface area (Å²) in [5.41, 5.74) is 2.51. The van der Waals surface area contributed by atoms with Gasteiger partial charge < -0.3 is 9.47 Å². The van der Waals surface area contributed by atoms with Crippen LogP contribution in [-0.2, 0) is 12.8 Å². The molecule has 4 aromatic carbocycles. The summed E-state index contributed by atoms with van der Waals surface area (Å²) in [4.78, 5) is 0. The van der Waals surface area contributed by atoms with Crippen LogP contribution in [0, 0.1) is 17.5 Å². The summed E-state index contributed by atoms with van der Waals surface area (Å²) >= 11 is 0. The molecular weight excluding hydrogens is 475 g/mol. The zero-order chi connectivity index (χ0) is 25.7. The van der Waals surface area contributed by atoms with Crippen LogP contribution in [0.15, 0.2) is 66.7 Å². The second-order valence-corrected chi connectivity index (χ2v) is 8.47. The van der Waals surface area contributed by atoms with Crippen molar-refractivity contribution in [3.63, 3.8) is 0 Å². The number of alkyl halides is 2. The number of rotatable bonds is 10. The van der Waals surface area contributed by atoms with Gasteiger partial charge in [-0.25, -0.2) is 13.2 Å². The van der Waals surface area contributed by atoms with Crippen molar-refractivity contribution in [2.75, 3.05) is 6.61 Å². The topological polar surface area (TPSA) is 18.5 Å². The number of aryl methyl sites for hydroxylation is 2. The van der Waals surface area contributed by atoms with Crippen molar-refractivity contribution >= 4 is 10.8 Å². The van der Waals surface area contributed by atoms with Gasteiger partial charge in [0.2, 0.25) is 0 Å². The van der Waals surface area contributed by atoms with E-state index in [0.29, 0.717) is 17.6 Å². The molecule has 0 heterocycles. The van der Waals surface area contributed by atoms with Crippen molar-refractivity contribution in [2.24, 2.45) is 0 Å². The Hall–Kier alpha value is -3.61. The first-order valence-corrected chi connectivity index (χ1v) is 11.7. The normalized spacial score (nSPS) is 11.3. The molecule has 0 saturated heterocycles. The molecule has 0 aromatic heterocycles. The Morgan fingerprint density at radius 2 is 1.47 bits per heavy atom. The molecule has 4 aromatic rings. The molecule has 36 heavy (non-hydrogen) atoms. The molecule has 0 unspecified atom stereocenters. The average molecular weight is 501 g/mol. The van der Waals surface area contributed by atoms with Crippen LogP contribution >= 0.6 is 0 Å². The van der Waals surface area contributed by atoms with Crippen LogP contribution in [0.3, 0.4) is 0 Å². The highest BCUT2D eigenvalue weighted by Gasteiger charge is 2.17. The Morgan fingerprint density at radius 3 is 2.14 bits per heavy atom. The van der Waals surface area contributed by atoms with Crippen LogP contribution in [-0.4, -0.2) is 13.2 Å². The minimum absolute atomic E-state index is 0.121. The molecule has 0 aliphatic carbocycles. The average Bonchev–Trinajstić information content (AvgIpc) is 2.86. The van der Waals surface area contributed by atoms with Crippen molar-refractivity contribution < 1.29 is 31.4 Å². The maximum absolute atomic E-state index is 15.2. The Balaban J connectivity index is 1.49. The van der Waals surface area contributed by atoms with Gasteiger partial charge >= 0.3 is 6.61 Å². The van der Waals surface area contributed by atoms with E-state index in [1.807, 2.05) is 36.4 Å². The minimum Gasteiger partial charge on any atom is -0.494 e. The standard InChI is InChI=1S/C29H25F5O2/c1-2-3-14-35-23-11-8-19(9-12-23)21-10-13-24-22(17-21)7-6-20(27(24)32)5-4-18-15-25(30)28(26(31)16-18)36-29(33)34/h6-13,15-17,29H,2-5,14H2,1H3. The van der Waals surface area contributed by atoms with Crippen LogP contribution in [0.2, 0.25) is 0 Å². The summed E-state index contributed by atoms with van der Waals surface area (Å²) in [5, 5.41) is 1.16. The summed E-state index contributed by atoms with van der Waals surface area (Å²) in [6, 6.07) is 18.5. The molecule has 0 radical (unpaired) electrons. The van der Waals surface area contributed by atoms with E-state index in [4.69, 9.17) is 4.74 Å². The maximum atomic E-state index is 15.2. The second kappa shape index (κ2) is 11.4. The predicted octanol–water partition coefficient (Wildman–Crippen LogP) is 8.49. The molecule has 0 saturated carbocycles. The maximum Gasteiger partial charge on any atom is 0.387 e. The van der Waals surface area contributed by atoms with E-state index in [0.717, 1.165) is 47.2 Å². The zero-order valence-electron chi connectivity index (χ0n) is 19.7. The summed E-state index contributed by atoms with van der Waals surface area (Å²) in [7, 11) is 0. The minimum atomic E-state index is -3.34. The number of ether oxygens (including phenoxy) is 2. The number of halogens is 5. The van der Waals surface area contributed by atoms with Crippen molar-refractivity contribution in [3.8, 4) is 22.6 Å². The fourth-order valence-corrected chi connectivity index (χ4v) is 4.03. The first-order chi connectivity index (χ1) is 17.4. The van der Waals surface area contributed by atoms with Gasteiger partial charge in [0.15, 0.2) is 17.4 Å². The molecule has 188 valence electrons. The van der Waals surface area contributed by atoms with Crippen molar-refractivity contribution in [1.82, 2.24) is 0 Å². The lowest BCUT2D eigenvalue weighted by Gasteiger charge is -2.11. The van der Waals surface area contributed by atoms with Gasteiger partial charge in [0.25, 0.3) is 0 Å². The second-order valence-electron chi connectivity index (χ2n) is 8.47. The lowest BCUT2D eigenvalue weighted by atomic mass is 9.97. The lowest BCUT2D eigenvalue weighted by Crippen LogP contribution is -2.06. The first kappa shape index (κ1) is 25.5. The SMILES string of the molecule is CCCCOc1ccc(-c2ccc3c(F)c(CCc4cc(F)c(OC(F)F)c(F)c4)ccc3c2)cc1. The lowest BCUT2D eigenvalue weighted by molar-refractivity contribution is -0.0546. The van der Waals surface area contributed by atoms with E-state index in [9.17, 15) is 17.6 Å². The molecule has 0 spiro atoms. The quantitative estimate of drug-likeness (QED) is 0.161. The van der Waals surface area contributed by atoms with Crippen LogP contribution in [0.4, 0.5) is 22.0 Å². The third-order valence-electron chi connectivity index (χ3n) is 5.94. The number of unbranched alkanes of at least 4 members (excludes halogenated alkanes) is 1. The molecule has 0 aliphatic heterocycles. The highest BCUT2D eigenvalue weighted by molar-refractivity contribution is 5.88. The van der Waals surface area contributed by atoms with Gasteiger partial charge in [0, 0.05) is 5.39 Å². The van der Waals surface area contributed by atoms with Gasteiger partial charge in [-0.15, -0.1) is 0 Å². The summed E-state index contributed by atoms with van der Waals surface area (Å²) < 4.78 is 77.4. The smallest absolute Gasteiger partial charge is 0.387 e. The molecule has 0 atom stereocenters. The van der Waals surface area contributed by atoms with Crippen LogP contribution in [0.25, 0.3) is 21.9 Å². The molecule has 0 amide bonds. The number of benzene rings is 4. The van der Waals surface area contributed by atoms with E-state index < -0.39 is 29.8 Å². The molecular formula is C29H25F5O2. The van der Waals surface area contributed by atoms with Gasteiger partial charge in [0.05, 0.1) is 6.61 Å². The highest BCUT2D eigenvalue weighted by atomic mass is 19.3. The van der Waals surface area contributed by atoms with Gasteiger partial charge in [0.1, 0.15) is 11.6 Å². The zero-order valence-corrected chi connectivity index (χ0v) is 19.7. The summed E-state index contributed by atoms with van der Waals surface area (Å²) in [6.45, 7) is -0.554. The van der Waals surface area contributed by atoms with Crippen LogP contribution < -0.4 is 9.47 Å². The third kappa shape index (κ3) is 5.96. The molecule has 0 fully saturated rings. The number of fused-ring (bicyclic) bond motifs is 1. The largest absolute Gasteiger partial charge is 0.494 e. The Kier molecular flexibility index (Phi) is 8.08. The van der Waals surface area contributed by atoms with Gasteiger partial charge in [-0.05, 0) is 77.2 Å². The van der Waals surface area contributed by atoms with Crippen molar-refractivity contribution in [1.29, 1.82) is 0 Å². The van der Waals surface area contributed by atoms with Crippen molar-refractivity contribution in [2.45, 2.75) is 39.2 Å². The molecule has 2 nitrogen and oxygen atoms in total. The monoisotopic (exact) mass is 500 g/mol. The number of hydrogen-bond donors (Lipinski definition) is 0. The Labute approximate surface area is 206 Å². The van der Waals surface area contributed by atoms with Gasteiger partial charge in [-0.3, -0.25) is 0 Å². The predicted molar refractivity (Wildman–Crippen MR) is 130 cm³/mol. The van der Waals surface area contributed by atoms with E-state index in [-0.39, 0.29) is 18.4 Å². The van der Waals surface area contributed by atoms with Gasteiger partial charge in [-0.1, -0.05) is 49.7 Å². The van der Waals surface area contributed by atoms with Crippen molar-refractivity contribution in [3.05, 3.63) is 95.3 Å². The third-order valence-corrected chi connectivity index (χ3v) is 5.94. The van der Waals surface area contributed by atoms with Gasteiger partial charge in [-0.2, -0.15) is 8.78 Å². The van der Waals surface area contributed by atoms with E-state index in [1.54, 1.807) is 18.2 Å². The highest BCUT2D eigenvalue weighted by Crippen LogP contribution is 2.30. The fraction of sp³-hybridized carbons (Fsp3) is 0.241. The summed E-state index contributed by atoms with van der Waals surface area (Å²) in [5.74, 6) is -3.17. The van der Waals surface area contributed by atoms with E-state index in [2.05, 4.69) is 11.7 Å². The Bertz CT molecular complexity index is 1310. The molecule has 0 N–H and O–H groups in total. The van der Waals surface area contributed by atoms with E-state index >= 15 is 4.39 Å². The first-order valence-electron chi connectivity index (χ1n) is 11.7. The van der Waals surface area contributed by atoms with Crippen LogP contribution in [0.5, 0.6) is 11.5 Å².